The zero-order chi connectivity index (χ0) is 19.2. The molecule has 0 aromatic heterocycles. The first-order valence-corrected chi connectivity index (χ1v) is 11.0. The van der Waals surface area contributed by atoms with Crippen LogP contribution < -0.4 is 4.46 Å². The molecule has 27 heavy (non-hydrogen) atoms. The van der Waals surface area contributed by atoms with Gasteiger partial charge in [-0.1, -0.05) is 0 Å². The monoisotopic (exact) mass is 434 g/mol. The van der Waals surface area contributed by atoms with E-state index >= 15 is 0 Å². The van der Waals surface area contributed by atoms with Gasteiger partial charge in [-0.2, -0.15) is 0 Å². The third kappa shape index (κ3) is 9.43. The summed E-state index contributed by atoms with van der Waals surface area (Å²) in [6.45, 7) is 1.04. The van der Waals surface area contributed by atoms with Crippen LogP contribution in [0.4, 0.5) is 0 Å². The predicted octanol–water partition coefficient (Wildman–Crippen LogP) is 3.50. The van der Waals surface area contributed by atoms with Gasteiger partial charge in [-0.3, -0.25) is 0 Å². The Bertz CT molecular complexity index is 673. The van der Waals surface area contributed by atoms with Crippen molar-refractivity contribution in [3.8, 4) is 0 Å². The van der Waals surface area contributed by atoms with E-state index in [0.29, 0.717) is 28.2 Å². The molecule has 1 atom stereocenters. The van der Waals surface area contributed by atoms with Gasteiger partial charge in [0.05, 0.1) is 0 Å². The SMILES string of the molecule is COC(=O)/C=C/O[C@@H](CCC[Se]c1ccccc1)COCc1ccccc1. The minimum atomic E-state index is -0.425. The van der Waals surface area contributed by atoms with Crippen molar-refractivity contribution in [3.05, 3.63) is 78.6 Å². The number of hydrogen-bond acceptors (Lipinski definition) is 4. The molecule has 2 rings (SSSR count). The zero-order valence-corrected chi connectivity index (χ0v) is 17.3. The summed E-state index contributed by atoms with van der Waals surface area (Å²) in [5.74, 6) is -0.425. The van der Waals surface area contributed by atoms with Crippen molar-refractivity contribution in [1.29, 1.82) is 0 Å². The number of carbonyl (C=O) groups is 1. The van der Waals surface area contributed by atoms with Gasteiger partial charge in [-0.15, -0.1) is 0 Å². The summed E-state index contributed by atoms with van der Waals surface area (Å²) in [6, 6.07) is 20.6. The van der Waals surface area contributed by atoms with Crippen LogP contribution in [0.2, 0.25) is 5.32 Å². The molecule has 2 aromatic rings. The Kier molecular flexibility index (Phi) is 10.3. The maximum atomic E-state index is 11.2. The van der Waals surface area contributed by atoms with Crippen LogP contribution in [0.25, 0.3) is 0 Å². The molecule has 5 heteroatoms. The average molecular weight is 433 g/mol. The normalized spacial score (nSPS) is 12.0. The number of ether oxygens (including phenoxy) is 3. The fraction of sp³-hybridized carbons (Fsp3) is 0.318. The molecule has 0 amide bonds. The molecule has 0 spiro atoms. The molecule has 4 nitrogen and oxygen atoms in total. The van der Waals surface area contributed by atoms with Gasteiger partial charge in [-0.05, 0) is 0 Å². The number of esters is 1. The molecule has 0 heterocycles. The fourth-order valence-corrected chi connectivity index (χ4v) is 4.25. The molecule has 0 unspecified atom stereocenters. The molecule has 0 saturated heterocycles. The van der Waals surface area contributed by atoms with Crippen LogP contribution >= 0.6 is 0 Å². The van der Waals surface area contributed by atoms with Gasteiger partial charge in [0.25, 0.3) is 0 Å². The Labute approximate surface area is 167 Å². The van der Waals surface area contributed by atoms with E-state index in [4.69, 9.17) is 9.47 Å². The quantitative estimate of drug-likeness (QED) is 0.169. The van der Waals surface area contributed by atoms with Crippen molar-refractivity contribution in [3.63, 3.8) is 0 Å². The first-order valence-electron chi connectivity index (χ1n) is 8.97. The standard InChI is InChI=1S/C22H26O4Se/c1-24-22(23)14-15-26-20(18-25-17-19-9-4-2-5-10-19)11-8-16-27-21-12-6-3-7-13-21/h2-7,9-10,12-15,20H,8,11,16-18H2,1H3/b15-14+/t20-/m0/s1. The second kappa shape index (κ2) is 13.2. The number of benzene rings is 2. The van der Waals surface area contributed by atoms with Crippen molar-refractivity contribution in [1.82, 2.24) is 0 Å². The summed E-state index contributed by atoms with van der Waals surface area (Å²) in [4.78, 5) is 11.2. The molecule has 0 aliphatic heterocycles. The van der Waals surface area contributed by atoms with Gasteiger partial charge in [0.1, 0.15) is 0 Å². The van der Waals surface area contributed by atoms with Crippen LogP contribution in [0.1, 0.15) is 18.4 Å². The number of hydrogen-bond donors (Lipinski definition) is 0. The summed E-state index contributed by atoms with van der Waals surface area (Å²) in [5.41, 5.74) is 1.13. The van der Waals surface area contributed by atoms with Crippen molar-refractivity contribution in [2.45, 2.75) is 30.9 Å². The fourth-order valence-electron chi connectivity index (χ4n) is 2.36. The first-order chi connectivity index (χ1) is 13.3. The van der Waals surface area contributed by atoms with Crippen LogP contribution in [-0.4, -0.2) is 40.7 Å². The molecule has 0 aliphatic carbocycles. The molecule has 0 radical (unpaired) electrons. The van der Waals surface area contributed by atoms with E-state index in [-0.39, 0.29) is 6.10 Å². The van der Waals surface area contributed by atoms with E-state index in [2.05, 4.69) is 29.0 Å². The first kappa shape index (κ1) is 21.2. The molecule has 0 aliphatic rings. The second-order valence-corrected chi connectivity index (χ2v) is 8.34. The molecule has 0 N–H and O–H groups in total. The molecular formula is C22H26O4Se. The molecule has 0 saturated carbocycles. The molecule has 144 valence electrons. The van der Waals surface area contributed by atoms with Crippen molar-refractivity contribution in [2.75, 3.05) is 13.7 Å². The third-order valence-electron chi connectivity index (χ3n) is 3.77. The second-order valence-electron chi connectivity index (χ2n) is 5.89. The van der Waals surface area contributed by atoms with E-state index < -0.39 is 5.97 Å². The number of rotatable bonds is 12. The Hall–Kier alpha value is -2.07. The van der Waals surface area contributed by atoms with Crippen molar-refractivity contribution in [2.24, 2.45) is 0 Å². The van der Waals surface area contributed by atoms with Gasteiger partial charge >= 0.3 is 168 Å². The molecule has 2 aromatic carbocycles. The van der Waals surface area contributed by atoms with Crippen LogP contribution in [0.5, 0.6) is 0 Å². The average Bonchev–Trinajstić information content (AvgIpc) is 2.72. The summed E-state index contributed by atoms with van der Waals surface area (Å²) in [7, 11) is 1.35. The van der Waals surface area contributed by atoms with Crippen LogP contribution in [-0.2, 0) is 25.6 Å². The van der Waals surface area contributed by atoms with E-state index in [9.17, 15) is 4.79 Å². The van der Waals surface area contributed by atoms with Gasteiger partial charge in [0.2, 0.25) is 0 Å². The molecular weight excluding hydrogens is 407 g/mol. The topological polar surface area (TPSA) is 44.8 Å². The summed E-state index contributed by atoms with van der Waals surface area (Å²) in [5, 5.41) is 1.15. The molecule has 0 bridgehead atoms. The van der Waals surface area contributed by atoms with Gasteiger partial charge in [-0.25, -0.2) is 0 Å². The van der Waals surface area contributed by atoms with E-state index in [1.54, 1.807) is 0 Å². The Morgan fingerprint density at radius 1 is 1.07 bits per heavy atom. The minimum absolute atomic E-state index is 0.0822. The van der Waals surface area contributed by atoms with Crippen molar-refractivity contribution >= 4 is 25.4 Å². The van der Waals surface area contributed by atoms with Crippen molar-refractivity contribution < 1.29 is 19.0 Å². The summed E-state index contributed by atoms with van der Waals surface area (Å²) >= 11 is 0.471. The van der Waals surface area contributed by atoms with Crippen LogP contribution in [0.15, 0.2) is 73.0 Å². The maximum absolute atomic E-state index is 11.2. The summed E-state index contributed by atoms with van der Waals surface area (Å²) in [6.07, 6.45) is 4.55. The number of methoxy groups -OCH3 is 1. The predicted molar refractivity (Wildman–Crippen MR) is 108 cm³/mol. The third-order valence-corrected chi connectivity index (χ3v) is 6.08. The number of carbonyl (C=O) groups excluding carboxylic acids is 1. The van der Waals surface area contributed by atoms with E-state index in [1.807, 2.05) is 36.4 Å². The summed E-state index contributed by atoms with van der Waals surface area (Å²) < 4.78 is 17.5. The van der Waals surface area contributed by atoms with E-state index in [0.717, 1.165) is 23.7 Å². The van der Waals surface area contributed by atoms with Gasteiger partial charge < -0.3 is 0 Å². The van der Waals surface area contributed by atoms with E-state index in [1.165, 1.54) is 23.9 Å². The van der Waals surface area contributed by atoms with Gasteiger partial charge in [0, 0.05) is 0 Å². The zero-order valence-electron chi connectivity index (χ0n) is 15.6. The Morgan fingerprint density at radius 3 is 2.48 bits per heavy atom. The molecule has 0 fully saturated rings. The van der Waals surface area contributed by atoms with Crippen LogP contribution in [0, 0.1) is 0 Å². The Balaban J connectivity index is 1.75. The van der Waals surface area contributed by atoms with Gasteiger partial charge in [0.15, 0.2) is 0 Å². The Morgan fingerprint density at radius 2 is 1.78 bits per heavy atom. The van der Waals surface area contributed by atoms with Crippen LogP contribution in [0.3, 0.4) is 0 Å².